The van der Waals surface area contributed by atoms with E-state index in [2.05, 4.69) is 10.3 Å². The Labute approximate surface area is 235 Å². The monoisotopic (exact) mass is 546 g/mol. The molecule has 0 spiro atoms. The van der Waals surface area contributed by atoms with Crippen molar-refractivity contribution in [2.24, 2.45) is 0 Å². The molecule has 1 aromatic heterocycles. The third-order valence-corrected chi connectivity index (χ3v) is 7.85. The van der Waals surface area contributed by atoms with Gasteiger partial charge in [-0.3, -0.25) is 9.59 Å². The Kier molecular flexibility index (Phi) is 11.6. The quantitative estimate of drug-likeness (QED) is 0.165. The molecular weight excluding hydrogens is 508 g/mol. The van der Waals surface area contributed by atoms with E-state index in [1.807, 2.05) is 79.7 Å². The molecule has 6 nitrogen and oxygen atoms in total. The number of ketones is 1. The van der Waals surface area contributed by atoms with Crippen LogP contribution >= 0.6 is 11.8 Å². The number of anilines is 1. The van der Waals surface area contributed by atoms with Crippen LogP contribution in [-0.4, -0.2) is 28.5 Å². The minimum atomic E-state index is -0.446. The number of Topliss-reactive ketones (excluding diaryl/α,β-unsaturated/α-hetero) is 1. The molecule has 2 heterocycles. The third-order valence-electron chi connectivity index (χ3n) is 6.78. The minimum absolute atomic E-state index is 0.000402. The summed E-state index contributed by atoms with van der Waals surface area (Å²) in [6.45, 7) is 1.90. The van der Waals surface area contributed by atoms with E-state index in [4.69, 9.17) is 9.47 Å². The van der Waals surface area contributed by atoms with Crippen LogP contribution in [0.2, 0.25) is 0 Å². The van der Waals surface area contributed by atoms with Crippen LogP contribution in [0.5, 0.6) is 0 Å². The average molecular weight is 547 g/mol. The molecule has 206 valence electrons. The summed E-state index contributed by atoms with van der Waals surface area (Å²) >= 11 is 1.69. The van der Waals surface area contributed by atoms with Gasteiger partial charge in [-0.05, 0) is 42.7 Å². The summed E-state index contributed by atoms with van der Waals surface area (Å²) in [5.41, 5.74) is 2.84. The Bertz CT molecular complexity index is 1160. The normalized spacial score (nSPS) is 18.9. The molecule has 1 saturated heterocycles. The number of hydrogen-bond donors (Lipinski definition) is 1. The molecule has 1 N–H and O–H groups in total. The second-order valence-corrected chi connectivity index (χ2v) is 10.9. The molecule has 1 aliphatic heterocycles. The Hall–Kier alpha value is -3.00. The Balaban J connectivity index is 1.30. The number of nitrogens with one attached hydrogen (secondary N) is 1. The molecule has 3 atom stereocenters. The number of unbranched alkanes of at least 4 members (excludes halogenated alkanes) is 3. The summed E-state index contributed by atoms with van der Waals surface area (Å²) < 4.78 is 12.8. The highest BCUT2D eigenvalue weighted by molar-refractivity contribution is 7.99. The van der Waals surface area contributed by atoms with Crippen LogP contribution in [0.1, 0.15) is 81.8 Å². The second-order valence-electron chi connectivity index (χ2n) is 9.82. The van der Waals surface area contributed by atoms with Gasteiger partial charge in [0.25, 0.3) is 0 Å². The van der Waals surface area contributed by atoms with E-state index in [1.54, 1.807) is 18.0 Å². The van der Waals surface area contributed by atoms with Crippen LogP contribution in [0.3, 0.4) is 0 Å². The van der Waals surface area contributed by atoms with Gasteiger partial charge >= 0.3 is 0 Å². The van der Waals surface area contributed by atoms with E-state index >= 15 is 0 Å². The van der Waals surface area contributed by atoms with Gasteiger partial charge in [-0.2, -0.15) is 0 Å². The molecule has 7 heteroatoms. The summed E-state index contributed by atoms with van der Waals surface area (Å²) in [7, 11) is 0. The second kappa shape index (κ2) is 15.6. The molecule has 39 heavy (non-hydrogen) atoms. The van der Waals surface area contributed by atoms with Crippen LogP contribution in [-0.2, 0) is 19.1 Å². The molecule has 2 aromatic carbocycles. The molecular formula is C32H38N2O4S. The Morgan fingerprint density at radius 2 is 1.62 bits per heavy atom. The Morgan fingerprint density at radius 1 is 0.872 bits per heavy atom. The van der Waals surface area contributed by atoms with Gasteiger partial charge in [-0.1, -0.05) is 68.3 Å². The first-order chi connectivity index (χ1) is 19.1. The number of carbonyl (C=O) groups excluding carboxylic acids is 2. The summed E-state index contributed by atoms with van der Waals surface area (Å²) in [4.78, 5) is 28.2. The number of nitrogens with zero attached hydrogens (tertiary/aromatic N) is 1. The van der Waals surface area contributed by atoms with Crippen molar-refractivity contribution in [2.45, 2.75) is 81.8 Å². The lowest BCUT2D eigenvalue weighted by atomic mass is 10.0. The largest absolute Gasteiger partial charge is 0.344 e. The molecule has 0 aliphatic carbocycles. The number of thioether (sulfide) groups is 1. The lowest BCUT2D eigenvalue weighted by Gasteiger charge is -2.36. The van der Waals surface area contributed by atoms with Crippen molar-refractivity contribution in [1.29, 1.82) is 0 Å². The van der Waals surface area contributed by atoms with E-state index in [9.17, 15) is 9.59 Å². The van der Waals surface area contributed by atoms with Crippen LogP contribution in [0.15, 0.2) is 84.0 Å². The number of amides is 1. The topological polar surface area (TPSA) is 77.5 Å². The lowest BCUT2D eigenvalue weighted by Crippen LogP contribution is -2.31. The van der Waals surface area contributed by atoms with Gasteiger partial charge in [-0.15, -0.1) is 11.8 Å². The number of aromatic nitrogens is 1. The maximum atomic E-state index is 12.4. The molecule has 1 fully saturated rings. The minimum Gasteiger partial charge on any atom is -0.344 e. The highest BCUT2D eigenvalue weighted by atomic mass is 32.2. The van der Waals surface area contributed by atoms with Gasteiger partial charge in [0.1, 0.15) is 5.78 Å². The van der Waals surface area contributed by atoms with Crippen molar-refractivity contribution in [1.82, 2.24) is 4.98 Å². The first kappa shape index (κ1) is 29.0. The maximum absolute atomic E-state index is 12.4. The molecule has 0 bridgehead atoms. The van der Waals surface area contributed by atoms with Gasteiger partial charge in [0.15, 0.2) is 6.29 Å². The molecule has 4 rings (SSSR count). The van der Waals surface area contributed by atoms with Crippen LogP contribution < -0.4 is 5.32 Å². The average Bonchev–Trinajstić information content (AvgIpc) is 2.99. The van der Waals surface area contributed by atoms with Crippen molar-refractivity contribution >= 4 is 29.1 Å². The number of benzene rings is 2. The third kappa shape index (κ3) is 9.60. The van der Waals surface area contributed by atoms with E-state index in [0.29, 0.717) is 25.0 Å². The fourth-order valence-electron chi connectivity index (χ4n) is 4.55. The zero-order chi connectivity index (χ0) is 27.3. The summed E-state index contributed by atoms with van der Waals surface area (Å²) in [5.74, 6) is 1.12. The van der Waals surface area contributed by atoms with Crippen molar-refractivity contribution in [3.8, 4) is 0 Å². The van der Waals surface area contributed by atoms with E-state index in [-0.39, 0.29) is 18.1 Å². The SMILES string of the molecule is CCC(=O)CCCCCCC(=O)Nc1ccc(C2CC(CSc3ccccn3)OC(c3ccccc3)O2)cc1. The predicted molar refractivity (Wildman–Crippen MR) is 156 cm³/mol. The van der Waals surface area contributed by atoms with Crippen molar-refractivity contribution in [3.63, 3.8) is 0 Å². The van der Waals surface area contributed by atoms with Crippen LogP contribution in [0, 0.1) is 0 Å². The molecule has 1 aliphatic rings. The standard InChI is InChI=1S/C32H38N2O4S/c1-2-27(35)14-8-3-4-9-15-30(36)34-26-19-17-24(18-20-26)29-22-28(23-39-31-16-10-11-21-33-31)37-32(38-29)25-12-6-5-7-13-25/h5-7,10-13,16-21,28-29,32H,2-4,8-9,14-15,22-23H2,1H3,(H,34,36). The zero-order valence-corrected chi connectivity index (χ0v) is 23.4. The number of carbonyl (C=O) groups is 2. The maximum Gasteiger partial charge on any atom is 0.224 e. The molecule has 0 saturated carbocycles. The van der Waals surface area contributed by atoms with Gasteiger partial charge in [-0.25, -0.2) is 4.98 Å². The molecule has 0 radical (unpaired) electrons. The predicted octanol–water partition coefficient (Wildman–Crippen LogP) is 7.68. The van der Waals surface area contributed by atoms with E-state index < -0.39 is 6.29 Å². The molecule has 1 amide bonds. The zero-order valence-electron chi connectivity index (χ0n) is 22.6. The van der Waals surface area contributed by atoms with Crippen molar-refractivity contribution < 1.29 is 19.1 Å². The fourth-order valence-corrected chi connectivity index (χ4v) is 5.43. The Morgan fingerprint density at radius 3 is 2.33 bits per heavy atom. The number of pyridine rings is 1. The van der Waals surface area contributed by atoms with Gasteiger partial charge in [0.2, 0.25) is 5.91 Å². The first-order valence-corrected chi connectivity index (χ1v) is 14.9. The lowest BCUT2D eigenvalue weighted by molar-refractivity contribution is -0.245. The number of rotatable bonds is 14. The molecule has 3 aromatic rings. The number of ether oxygens (including phenoxy) is 2. The van der Waals surface area contributed by atoms with E-state index in [0.717, 1.165) is 59.7 Å². The van der Waals surface area contributed by atoms with Crippen LogP contribution in [0.4, 0.5) is 5.69 Å². The highest BCUT2D eigenvalue weighted by Gasteiger charge is 2.32. The van der Waals surface area contributed by atoms with Gasteiger partial charge in [0, 0.05) is 48.9 Å². The van der Waals surface area contributed by atoms with Crippen LogP contribution in [0.25, 0.3) is 0 Å². The number of hydrogen-bond acceptors (Lipinski definition) is 6. The summed E-state index contributed by atoms with van der Waals surface area (Å²) in [5, 5.41) is 3.98. The van der Waals surface area contributed by atoms with E-state index in [1.165, 1.54) is 0 Å². The van der Waals surface area contributed by atoms with Crippen molar-refractivity contribution in [3.05, 3.63) is 90.1 Å². The van der Waals surface area contributed by atoms with Gasteiger partial charge < -0.3 is 14.8 Å². The summed E-state index contributed by atoms with van der Waals surface area (Å²) in [6, 6.07) is 23.9. The summed E-state index contributed by atoms with van der Waals surface area (Å²) in [6.07, 6.45) is 7.43. The highest BCUT2D eigenvalue weighted by Crippen LogP contribution is 2.39. The van der Waals surface area contributed by atoms with Crippen molar-refractivity contribution in [2.75, 3.05) is 11.1 Å². The smallest absolute Gasteiger partial charge is 0.224 e. The first-order valence-electron chi connectivity index (χ1n) is 13.9. The fraction of sp³-hybridized carbons (Fsp3) is 0.406. The van der Waals surface area contributed by atoms with Gasteiger partial charge in [0.05, 0.1) is 17.2 Å². The molecule has 3 unspecified atom stereocenters.